The molecular weight excluding hydrogens is 463 g/mol. The lowest BCUT2D eigenvalue weighted by Crippen LogP contribution is -2.04. The maximum atomic E-state index is 14.7. The molecule has 0 atom stereocenters. The predicted octanol–water partition coefficient (Wildman–Crippen LogP) is 5.47. The monoisotopic (exact) mass is 486 g/mol. The molecule has 6 nitrogen and oxygen atoms in total. The molecule has 182 valence electrons. The van der Waals surface area contributed by atoms with Crippen LogP contribution in [0.2, 0.25) is 0 Å². The summed E-state index contributed by atoms with van der Waals surface area (Å²) in [4.78, 5) is 34.5. The van der Waals surface area contributed by atoms with E-state index in [2.05, 4.69) is 13.2 Å². The molecule has 0 unspecified atom stereocenters. The summed E-state index contributed by atoms with van der Waals surface area (Å²) in [7, 11) is 0. The first kappa shape index (κ1) is 25.8. The predicted molar refractivity (Wildman–Crippen MR) is 134 cm³/mol. The van der Waals surface area contributed by atoms with Crippen molar-refractivity contribution in [3.63, 3.8) is 0 Å². The van der Waals surface area contributed by atoms with Crippen molar-refractivity contribution in [1.82, 2.24) is 0 Å². The van der Waals surface area contributed by atoms with Crippen LogP contribution in [-0.4, -0.2) is 24.5 Å². The van der Waals surface area contributed by atoms with E-state index in [-0.39, 0.29) is 12.4 Å². The van der Waals surface area contributed by atoms with Crippen LogP contribution >= 0.6 is 0 Å². The Balaban J connectivity index is 1.56. The summed E-state index contributed by atoms with van der Waals surface area (Å²) in [6.45, 7) is 6.92. The molecule has 0 spiro atoms. The van der Waals surface area contributed by atoms with Crippen molar-refractivity contribution in [2.75, 3.05) is 6.61 Å². The first-order chi connectivity index (χ1) is 17.4. The fourth-order valence-electron chi connectivity index (χ4n) is 3.09. The second-order valence-corrected chi connectivity index (χ2v) is 7.41. The van der Waals surface area contributed by atoms with Crippen LogP contribution in [0, 0.1) is 5.82 Å². The molecule has 0 N–H and O–H groups in total. The van der Waals surface area contributed by atoms with Crippen LogP contribution in [0.1, 0.15) is 11.1 Å². The van der Waals surface area contributed by atoms with Gasteiger partial charge < -0.3 is 14.2 Å². The van der Waals surface area contributed by atoms with Gasteiger partial charge in [0, 0.05) is 36.3 Å². The molecular formula is C29H23FO6. The van der Waals surface area contributed by atoms with Gasteiger partial charge in [0.05, 0.1) is 6.61 Å². The van der Waals surface area contributed by atoms with Gasteiger partial charge in [-0.05, 0) is 47.0 Å². The Morgan fingerprint density at radius 2 is 1.42 bits per heavy atom. The number of rotatable bonds is 10. The van der Waals surface area contributed by atoms with Crippen LogP contribution in [0.15, 0.2) is 98.1 Å². The number of hydrogen-bond donors (Lipinski definition) is 0. The van der Waals surface area contributed by atoms with Gasteiger partial charge in [-0.1, -0.05) is 49.6 Å². The van der Waals surface area contributed by atoms with E-state index in [1.165, 1.54) is 18.2 Å². The minimum atomic E-state index is -0.657. The lowest BCUT2D eigenvalue weighted by atomic mass is 10.0. The molecule has 0 radical (unpaired) electrons. The van der Waals surface area contributed by atoms with E-state index in [0.717, 1.165) is 29.3 Å². The quantitative estimate of drug-likeness (QED) is 0.215. The largest absolute Gasteiger partial charge is 0.462 e. The topological polar surface area (TPSA) is 78.9 Å². The summed E-state index contributed by atoms with van der Waals surface area (Å²) in [5, 5.41) is 0. The van der Waals surface area contributed by atoms with Crippen molar-refractivity contribution in [3.8, 4) is 22.6 Å². The second-order valence-electron chi connectivity index (χ2n) is 7.41. The molecule has 0 amide bonds. The standard InChI is InChI=1S/C29H23FO6/c1-3-27(31)34-18-17-21-7-5-20(6-8-21)9-16-29(33)36-24-14-15-25(26(30)19-24)22-10-12-23(13-11-22)35-28(32)4-2/h3-16,19H,1-2,17-18H2. The molecule has 0 heterocycles. The van der Waals surface area contributed by atoms with E-state index in [0.29, 0.717) is 23.3 Å². The first-order valence-corrected chi connectivity index (χ1v) is 10.9. The minimum Gasteiger partial charge on any atom is -0.462 e. The molecule has 0 aliphatic heterocycles. The highest BCUT2D eigenvalue weighted by molar-refractivity contribution is 5.88. The number of ether oxygens (including phenoxy) is 3. The van der Waals surface area contributed by atoms with Gasteiger partial charge in [-0.3, -0.25) is 0 Å². The molecule has 0 aliphatic rings. The van der Waals surface area contributed by atoms with Crippen molar-refractivity contribution in [3.05, 3.63) is 115 Å². The summed E-state index contributed by atoms with van der Waals surface area (Å²) >= 11 is 0. The summed E-state index contributed by atoms with van der Waals surface area (Å²) in [5.74, 6) is -1.91. The molecule has 0 saturated heterocycles. The SMILES string of the molecule is C=CC(=O)OCCc1ccc(C=CC(=O)Oc2ccc(-c3ccc(OC(=O)C=C)cc3)c(F)c2)cc1. The highest BCUT2D eigenvalue weighted by Crippen LogP contribution is 2.28. The third-order valence-corrected chi connectivity index (χ3v) is 4.90. The van der Waals surface area contributed by atoms with Gasteiger partial charge >= 0.3 is 17.9 Å². The van der Waals surface area contributed by atoms with Crippen molar-refractivity contribution in [2.24, 2.45) is 0 Å². The van der Waals surface area contributed by atoms with E-state index >= 15 is 0 Å². The maximum Gasteiger partial charge on any atom is 0.336 e. The average molecular weight is 486 g/mol. The lowest BCUT2D eigenvalue weighted by molar-refractivity contribution is -0.137. The van der Waals surface area contributed by atoms with E-state index in [9.17, 15) is 18.8 Å². The Labute approximate surface area is 207 Å². The third kappa shape index (κ3) is 7.63. The van der Waals surface area contributed by atoms with Gasteiger partial charge in [0.2, 0.25) is 0 Å². The number of carbonyl (C=O) groups is 3. The molecule has 0 aliphatic carbocycles. The second kappa shape index (κ2) is 12.6. The summed E-state index contributed by atoms with van der Waals surface area (Å²) < 4.78 is 29.8. The van der Waals surface area contributed by atoms with Crippen LogP contribution in [0.25, 0.3) is 17.2 Å². The summed E-state index contributed by atoms with van der Waals surface area (Å²) in [6.07, 6.45) is 5.54. The zero-order chi connectivity index (χ0) is 25.9. The zero-order valence-electron chi connectivity index (χ0n) is 19.3. The number of carbonyl (C=O) groups excluding carboxylic acids is 3. The smallest absolute Gasteiger partial charge is 0.336 e. The molecule has 0 aromatic heterocycles. The third-order valence-electron chi connectivity index (χ3n) is 4.90. The van der Waals surface area contributed by atoms with Gasteiger partial charge in [-0.25, -0.2) is 18.8 Å². The molecule has 3 aromatic rings. The number of esters is 3. The van der Waals surface area contributed by atoms with E-state index in [1.807, 2.05) is 24.3 Å². The van der Waals surface area contributed by atoms with Gasteiger partial charge in [-0.15, -0.1) is 0 Å². The summed E-state index contributed by atoms with van der Waals surface area (Å²) in [5.41, 5.74) is 2.59. The Bertz CT molecular complexity index is 1290. The number of hydrogen-bond acceptors (Lipinski definition) is 6. The molecule has 36 heavy (non-hydrogen) atoms. The highest BCUT2D eigenvalue weighted by atomic mass is 19.1. The Kier molecular flexibility index (Phi) is 9.06. The fourth-order valence-corrected chi connectivity index (χ4v) is 3.09. The molecule has 0 bridgehead atoms. The first-order valence-electron chi connectivity index (χ1n) is 10.9. The van der Waals surface area contributed by atoms with E-state index < -0.39 is 23.7 Å². The zero-order valence-corrected chi connectivity index (χ0v) is 19.3. The van der Waals surface area contributed by atoms with E-state index in [4.69, 9.17) is 14.2 Å². The molecule has 3 rings (SSSR count). The van der Waals surface area contributed by atoms with Crippen LogP contribution in [0.5, 0.6) is 11.5 Å². The van der Waals surface area contributed by atoms with Crippen molar-refractivity contribution < 1.29 is 33.0 Å². The van der Waals surface area contributed by atoms with E-state index in [1.54, 1.807) is 30.3 Å². The van der Waals surface area contributed by atoms with Crippen molar-refractivity contribution in [2.45, 2.75) is 6.42 Å². The van der Waals surface area contributed by atoms with Gasteiger partial charge in [0.1, 0.15) is 17.3 Å². The Morgan fingerprint density at radius 3 is 2.06 bits per heavy atom. The molecule has 0 fully saturated rings. The van der Waals surface area contributed by atoms with Crippen LogP contribution in [0.3, 0.4) is 0 Å². The fraction of sp³-hybridized carbons (Fsp3) is 0.0690. The molecule has 7 heteroatoms. The number of benzene rings is 3. The highest BCUT2D eigenvalue weighted by Gasteiger charge is 2.10. The van der Waals surface area contributed by atoms with Crippen LogP contribution in [0.4, 0.5) is 4.39 Å². The maximum absolute atomic E-state index is 14.7. The lowest BCUT2D eigenvalue weighted by Gasteiger charge is -2.08. The van der Waals surface area contributed by atoms with Crippen molar-refractivity contribution in [1.29, 1.82) is 0 Å². The number of halogens is 1. The average Bonchev–Trinajstić information content (AvgIpc) is 2.88. The Morgan fingerprint density at radius 1 is 0.778 bits per heavy atom. The molecule has 3 aromatic carbocycles. The summed E-state index contributed by atoms with van der Waals surface area (Å²) in [6, 6.07) is 17.8. The minimum absolute atomic E-state index is 0.0619. The van der Waals surface area contributed by atoms with Gasteiger partial charge in [0.15, 0.2) is 0 Å². The van der Waals surface area contributed by atoms with Crippen LogP contribution in [-0.2, 0) is 25.5 Å². The van der Waals surface area contributed by atoms with Crippen molar-refractivity contribution >= 4 is 24.0 Å². The van der Waals surface area contributed by atoms with Crippen LogP contribution < -0.4 is 9.47 Å². The Hall–Kier alpha value is -4.78. The van der Waals surface area contributed by atoms with Gasteiger partial charge in [-0.2, -0.15) is 0 Å². The molecule has 0 saturated carbocycles. The van der Waals surface area contributed by atoms with Gasteiger partial charge in [0.25, 0.3) is 0 Å². The normalized spacial score (nSPS) is 10.5.